The highest BCUT2D eigenvalue weighted by molar-refractivity contribution is 5.30. The van der Waals surface area contributed by atoms with Gasteiger partial charge in [0, 0.05) is 7.11 Å². The molecule has 0 rings (SSSR count). The van der Waals surface area contributed by atoms with Crippen LogP contribution >= 0.6 is 0 Å². The zero-order chi connectivity index (χ0) is 8.69. The second kappa shape index (κ2) is 5.69. The molecule has 0 bridgehead atoms. The second-order valence-electron chi connectivity index (χ2n) is 2.20. The molecule has 0 aliphatic carbocycles. The van der Waals surface area contributed by atoms with E-state index in [1.165, 1.54) is 0 Å². The molecule has 0 amide bonds. The Morgan fingerprint density at radius 3 is 2.45 bits per heavy atom. The van der Waals surface area contributed by atoms with Crippen LogP contribution in [-0.4, -0.2) is 13.7 Å². The van der Waals surface area contributed by atoms with Crippen molar-refractivity contribution in [1.29, 1.82) is 0 Å². The zero-order valence-corrected chi connectivity index (χ0v) is 6.97. The largest absolute Gasteiger partial charge is 0.380 e. The van der Waals surface area contributed by atoms with Crippen molar-refractivity contribution in [1.82, 2.24) is 0 Å². The Labute approximate surface area is 68.4 Å². The highest BCUT2D eigenvalue weighted by Gasteiger charge is 1.84. The summed E-state index contributed by atoms with van der Waals surface area (Å²) in [4.78, 5) is 0. The lowest BCUT2D eigenvalue weighted by atomic mass is 10.2. The van der Waals surface area contributed by atoms with Crippen LogP contribution < -0.4 is 0 Å². The fourth-order valence-electron chi connectivity index (χ4n) is 0.526. The molecule has 0 saturated heterocycles. The second-order valence-corrected chi connectivity index (χ2v) is 2.20. The van der Waals surface area contributed by atoms with Crippen LogP contribution in [0, 0.1) is 0 Å². The van der Waals surface area contributed by atoms with Gasteiger partial charge < -0.3 is 4.74 Å². The van der Waals surface area contributed by atoms with E-state index in [9.17, 15) is 0 Å². The molecule has 60 valence electrons. The van der Waals surface area contributed by atoms with Gasteiger partial charge >= 0.3 is 0 Å². The first-order valence-electron chi connectivity index (χ1n) is 3.37. The molecule has 0 aliphatic heterocycles. The van der Waals surface area contributed by atoms with Gasteiger partial charge in [-0.3, -0.25) is 0 Å². The maximum atomic E-state index is 4.86. The Kier molecular flexibility index (Phi) is 5.13. The fourth-order valence-corrected chi connectivity index (χ4v) is 0.526. The minimum absolute atomic E-state index is 0.556. The van der Waals surface area contributed by atoms with Gasteiger partial charge in [-0.1, -0.05) is 38.0 Å². The Morgan fingerprint density at radius 2 is 2.00 bits per heavy atom. The maximum Gasteiger partial charge on any atom is 0.0707 e. The zero-order valence-electron chi connectivity index (χ0n) is 6.97. The smallest absolute Gasteiger partial charge is 0.0707 e. The third-order valence-electron chi connectivity index (χ3n) is 1.13. The van der Waals surface area contributed by atoms with Crippen LogP contribution in [0.4, 0.5) is 0 Å². The molecule has 0 radical (unpaired) electrons. The summed E-state index contributed by atoms with van der Waals surface area (Å²) in [6.45, 7) is 11.6. The van der Waals surface area contributed by atoms with Gasteiger partial charge in [-0.2, -0.15) is 0 Å². The fraction of sp³-hybridized carbons (Fsp3) is 0.200. The first kappa shape index (κ1) is 9.92. The molecule has 0 aromatic rings. The molecule has 0 atom stereocenters. The quantitative estimate of drug-likeness (QED) is 0.547. The van der Waals surface area contributed by atoms with E-state index < -0.39 is 0 Å². The first-order chi connectivity index (χ1) is 5.20. The van der Waals surface area contributed by atoms with E-state index in [1.54, 1.807) is 13.2 Å². The van der Waals surface area contributed by atoms with Gasteiger partial charge in [0.15, 0.2) is 0 Å². The van der Waals surface area contributed by atoms with Crippen molar-refractivity contribution in [3.05, 3.63) is 49.1 Å². The summed E-state index contributed by atoms with van der Waals surface area (Å²) in [6.07, 6.45) is 5.42. The van der Waals surface area contributed by atoms with Gasteiger partial charge in [0.25, 0.3) is 0 Å². The molecule has 0 aromatic heterocycles. The molecule has 0 aliphatic rings. The molecule has 0 spiro atoms. The average Bonchev–Trinajstić information content (AvgIpc) is 2.01. The summed E-state index contributed by atoms with van der Waals surface area (Å²) >= 11 is 0. The number of methoxy groups -OCH3 is 1. The van der Waals surface area contributed by atoms with Gasteiger partial charge in [-0.25, -0.2) is 0 Å². The lowest BCUT2D eigenvalue weighted by Crippen LogP contribution is -1.88. The van der Waals surface area contributed by atoms with E-state index in [-0.39, 0.29) is 0 Å². The first-order valence-corrected chi connectivity index (χ1v) is 3.37. The van der Waals surface area contributed by atoms with Crippen LogP contribution in [-0.2, 0) is 4.74 Å². The maximum absolute atomic E-state index is 4.86. The predicted molar refractivity (Wildman–Crippen MR) is 49.5 cm³/mol. The molecule has 1 heteroatoms. The summed E-state index contributed by atoms with van der Waals surface area (Å²) in [6, 6.07) is 0. The number of rotatable bonds is 5. The molecule has 1 nitrogen and oxygen atoms in total. The predicted octanol–water partition coefficient (Wildman–Crippen LogP) is 2.49. The van der Waals surface area contributed by atoms with Crippen molar-refractivity contribution in [2.45, 2.75) is 0 Å². The third-order valence-corrected chi connectivity index (χ3v) is 1.13. The van der Waals surface area contributed by atoms with Gasteiger partial charge in [0.1, 0.15) is 0 Å². The Hall–Kier alpha value is -1.08. The number of ether oxygens (including phenoxy) is 1. The van der Waals surface area contributed by atoms with Crippen molar-refractivity contribution in [3.63, 3.8) is 0 Å². The van der Waals surface area contributed by atoms with Gasteiger partial charge in [0.2, 0.25) is 0 Å². The molecule has 11 heavy (non-hydrogen) atoms. The molecular formula is C10H14O. The van der Waals surface area contributed by atoms with E-state index in [0.29, 0.717) is 6.61 Å². The van der Waals surface area contributed by atoms with E-state index in [2.05, 4.69) is 19.7 Å². The number of allylic oxidation sites excluding steroid dienone is 3. The van der Waals surface area contributed by atoms with Crippen LogP contribution in [0.25, 0.3) is 0 Å². The summed E-state index contributed by atoms with van der Waals surface area (Å²) in [5, 5.41) is 0. The lowest BCUT2D eigenvalue weighted by Gasteiger charge is -1.95. The summed E-state index contributed by atoms with van der Waals surface area (Å²) < 4.78 is 4.86. The summed E-state index contributed by atoms with van der Waals surface area (Å²) in [7, 11) is 1.64. The SMILES string of the molecule is C=CC(=C)/C=C\C(=C)COC. The Morgan fingerprint density at radius 1 is 1.36 bits per heavy atom. The Bertz CT molecular complexity index is 187. The van der Waals surface area contributed by atoms with E-state index in [0.717, 1.165) is 11.1 Å². The van der Waals surface area contributed by atoms with Crippen molar-refractivity contribution >= 4 is 0 Å². The molecule has 0 saturated carbocycles. The van der Waals surface area contributed by atoms with Crippen molar-refractivity contribution in [2.75, 3.05) is 13.7 Å². The van der Waals surface area contributed by atoms with Gasteiger partial charge in [-0.15, -0.1) is 0 Å². The molecular weight excluding hydrogens is 136 g/mol. The molecule has 0 N–H and O–H groups in total. The van der Waals surface area contributed by atoms with Crippen molar-refractivity contribution in [2.24, 2.45) is 0 Å². The van der Waals surface area contributed by atoms with E-state index >= 15 is 0 Å². The van der Waals surface area contributed by atoms with Crippen LogP contribution in [0.5, 0.6) is 0 Å². The number of hydrogen-bond donors (Lipinski definition) is 0. The lowest BCUT2D eigenvalue weighted by molar-refractivity contribution is 0.228. The average molecular weight is 150 g/mol. The van der Waals surface area contributed by atoms with Crippen LogP contribution in [0.2, 0.25) is 0 Å². The van der Waals surface area contributed by atoms with Gasteiger partial charge in [0.05, 0.1) is 6.61 Å². The molecule has 0 aromatic carbocycles. The van der Waals surface area contributed by atoms with Crippen LogP contribution in [0.1, 0.15) is 0 Å². The van der Waals surface area contributed by atoms with Gasteiger partial charge in [-0.05, 0) is 11.1 Å². The van der Waals surface area contributed by atoms with E-state index in [4.69, 9.17) is 4.74 Å². The van der Waals surface area contributed by atoms with Crippen LogP contribution in [0.3, 0.4) is 0 Å². The minimum Gasteiger partial charge on any atom is -0.380 e. The Balaban J connectivity index is 3.82. The van der Waals surface area contributed by atoms with Crippen molar-refractivity contribution in [3.8, 4) is 0 Å². The third kappa shape index (κ3) is 5.37. The highest BCUT2D eigenvalue weighted by atomic mass is 16.5. The standard InChI is InChI=1S/C10H14O/c1-5-9(2)6-7-10(3)8-11-4/h5-7H,1-3,8H2,4H3/b7-6-. The molecule has 0 fully saturated rings. The van der Waals surface area contributed by atoms with E-state index in [1.807, 2.05) is 12.2 Å². The van der Waals surface area contributed by atoms with Crippen LogP contribution in [0.15, 0.2) is 49.1 Å². The van der Waals surface area contributed by atoms with Crippen molar-refractivity contribution < 1.29 is 4.74 Å². The summed E-state index contributed by atoms with van der Waals surface area (Å²) in [5.41, 5.74) is 1.80. The monoisotopic (exact) mass is 150 g/mol. The highest BCUT2D eigenvalue weighted by Crippen LogP contribution is 1.98. The molecule has 0 heterocycles. The summed E-state index contributed by atoms with van der Waals surface area (Å²) in [5.74, 6) is 0. The normalized spacial score (nSPS) is 9.91. The minimum atomic E-state index is 0.556. The number of hydrogen-bond acceptors (Lipinski definition) is 1. The topological polar surface area (TPSA) is 9.23 Å². The molecule has 0 unspecified atom stereocenters.